The van der Waals surface area contributed by atoms with Gasteiger partial charge in [0.05, 0.1) is 0 Å². The average molecular weight is 488 g/mol. The molecule has 2 rings (SSSR count). The lowest BCUT2D eigenvalue weighted by Crippen LogP contribution is -2.59. The fourth-order valence-electron chi connectivity index (χ4n) is 4.22. The summed E-state index contributed by atoms with van der Waals surface area (Å²) in [6.45, 7) is 18.9. The van der Waals surface area contributed by atoms with Crippen LogP contribution in [0.2, 0.25) is 0 Å². The van der Waals surface area contributed by atoms with Crippen LogP contribution in [-0.2, 0) is 14.3 Å². The fraction of sp³-hybridized carbons (Fsp3) is 0.679. The Balaban J connectivity index is 2.56. The molecule has 35 heavy (non-hydrogen) atoms. The van der Waals surface area contributed by atoms with Crippen molar-refractivity contribution in [3.8, 4) is 0 Å². The second kappa shape index (κ2) is 11.0. The normalized spacial score (nSPS) is 16.2. The zero-order valence-corrected chi connectivity index (χ0v) is 23.2. The van der Waals surface area contributed by atoms with Crippen LogP contribution in [0.25, 0.3) is 0 Å². The minimum atomic E-state index is -0.819. The Bertz CT molecular complexity index is 923. The molecular formula is C28H45N3O4. The number of rotatable bonds is 7. The van der Waals surface area contributed by atoms with Gasteiger partial charge in [0.15, 0.2) is 0 Å². The van der Waals surface area contributed by atoms with Crippen LogP contribution in [0.3, 0.4) is 0 Å². The zero-order valence-electron chi connectivity index (χ0n) is 23.2. The van der Waals surface area contributed by atoms with E-state index in [1.165, 1.54) is 0 Å². The smallest absolute Gasteiger partial charge is 0.408 e. The first-order chi connectivity index (χ1) is 16.0. The Kier molecular flexibility index (Phi) is 9.01. The molecule has 0 saturated heterocycles. The molecule has 1 aliphatic rings. The van der Waals surface area contributed by atoms with Gasteiger partial charge in [-0.1, -0.05) is 32.0 Å². The second-order valence-electron chi connectivity index (χ2n) is 12.1. The van der Waals surface area contributed by atoms with Gasteiger partial charge in [0.1, 0.15) is 17.7 Å². The molecule has 2 atom stereocenters. The van der Waals surface area contributed by atoms with Crippen molar-refractivity contribution in [1.82, 2.24) is 15.5 Å². The van der Waals surface area contributed by atoms with Crippen LogP contribution in [0, 0.1) is 19.8 Å². The van der Waals surface area contributed by atoms with E-state index in [0.29, 0.717) is 0 Å². The van der Waals surface area contributed by atoms with Crippen LogP contribution in [0.4, 0.5) is 4.79 Å². The van der Waals surface area contributed by atoms with E-state index >= 15 is 0 Å². The molecule has 1 aromatic carbocycles. The van der Waals surface area contributed by atoms with Crippen molar-refractivity contribution in [1.29, 1.82) is 0 Å². The summed E-state index contributed by atoms with van der Waals surface area (Å²) in [6, 6.07) is 4.18. The first kappa shape index (κ1) is 28.7. The molecule has 2 unspecified atom stereocenters. The standard InChI is InChI=1S/C28H45N3O4/c1-17(2)22(29-26(34)35-28(8,9)10)25(33)31(20-14-12-15-20)23(24(32)30-27(5,6)7)21-16-11-13-18(3)19(21)4/h11,13,16-17,20,22-23H,12,14-15H2,1-10H3,(H,29,34)(H,30,32). The number of nitrogens with one attached hydrogen (secondary N) is 2. The molecule has 3 amide bonds. The Hall–Kier alpha value is -2.57. The molecule has 1 saturated carbocycles. The molecule has 0 radical (unpaired) electrons. The third kappa shape index (κ3) is 7.71. The van der Waals surface area contributed by atoms with E-state index < -0.39 is 29.3 Å². The first-order valence-corrected chi connectivity index (χ1v) is 12.7. The van der Waals surface area contributed by atoms with Crippen LogP contribution >= 0.6 is 0 Å². The molecule has 0 aliphatic heterocycles. The number of carbonyl (C=O) groups is 3. The summed E-state index contributed by atoms with van der Waals surface area (Å²) in [5.74, 6) is -0.667. The molecule has 0 heterocycles. The van der Waals surface area contributed by atoms with Crippen molar-refractivity contribution < 1.29 is 19.1 Å². The van der Waals surface area contributed by atoms with Gasteiger partial charge in [0.25, 0.3) is 0 Å². The van der Waals surface area contributed by atoms with Crippen LogP contribution in [0.15, 0.2) is 18.2 Å². The fourth-order valence-corrected chi connectivity index (χ4v) is 4.22. The molecule has 7 heteroatoms. The van der Waals surface area contributed by atoms with Gasteiger partial charge in [-0.15, -0.1) is 0 Å². The second-order valence-corrected chi connectivity index (χ2v) is 12.1. The van der Waals surface area contributed by atoms with E-state index in [4.69, 9.17) is 4.74 Å². The van der Waals surface area contributed by atoms with Gasteiger partial charge in [-0.05, 0) is 97.3 Å². The number of carbonyl (C=O) groups excluding carboxylic acids is 3. The van der Waals surface area contributed by atoms with Crippen molar-refractivity contribution in [2.75, 3.05) is 0 Å². The highest BCUT2D eigenvalue weighted by Crippen LogP contribution is 2.36. The highest BCUT2D eigenvalue weighted by Gasteiger charge is 2.43. The number of ether oxygens (including phenoxy) is 1. The van der Waals surface area contributed by atoms with E-state index in [0.717, 1.165) is 36.0 Å². The van der Waals surface area contributed by atoms with Gasteiger partial charge in [-0.3, -0.25) is 9.59 Å². The molecule has 2 N–H and O–H groups in total. The van der Waals surface area contributed by atoms with E-state index in [1.54, 1.807) is 25.7 Å². The molecule has 0 spiro atoms. The highest BCUT2D eigenvalue weighted by molar-refractivity contribution is 5.93. The largest absolute Gasteiger partial charge is 0.444 e. The van der Waals surface area contributed by atoms with E-state index in [1.807, 2.05) is 66.7 Å². The SMILES string of the molecule is Cc1cccc(C(C(=O)NC(C)(C)C)N(C(=O)C(NC(=O)OC(C)(C)C)C(C)C)C2CCC2)c1C. The Labute approximate surface area is 211 Å². The molecule has 0 aromatic heterocycles. The number of amides is 3. The van der Waals surface area contributed by atoms with Gasteiger partial charge in [0.2, 0.25) is 11.8 Å². The predicted octanol–water partition coefficient (Wildman–Crippen LogP) is 5.19. The van der Waals surface area contributed by atoms with Gasteiger partial charge in [-0.2, -0.15) is 0 Å². The summed E-state index contributed by atoms with van der Waals surface area (Å²) in [4.78, 5) is 42.3. The number of nitrogens with zero attached hydrogens (tertiary/aromatic N) is 1. The lowest BCUT2D eigenvalue weighted by atomic mass is 9.86. The van der Waals surface area contributed by atoms with Crippen molar-refractivity contribution in [2.45, 2.75) is 118 Å². The summed E-state index contributed by atoms with van der Waals surface area (Å²) in [5, 5.41) is 5.89. The Morgan fingerprint density at radius 3 is 2.09 bits per heavy atom. The van der Waals surface area contributed by atoms with Gasteiger partial charge < -0.3 is 20.3 Å². The molecule has 0 bridgehead atoms. The quantitative estimate of drug-likeness (QED) is 0.554. The summed E-state index contributed by atoms with van der Waals surface area (Å²) in [7, 11) is 0. The summed E-state index contributed by atoms with van der Waals surface area (Å²) >= 11 is 0. The average Bonchev–Trinajstić information content (AvgIpc) is 2.63. The maximum Gasteiger partial charge on any atom is 0.408 e. The van der Waals surface area contributed by atoms with E-state index in [9.17, 15) is 14.4 Å². The van der Waals surface area contributed by atoms with Crippen LogP contribution in [0.5, 0.6) is 0 Å². The van der Waals surface area contributed by atoms with E-state index in [-0.39, 0.29) is 23.8 Å². The molecule has 196 valence electrons. The monoisotopic (exact) mass is 487 g/mol. The maximum atomic E-state index is 14.2. The molecular weight excluding hydrogens is 442 g/mol. The molecule has 7 nitrogen and oxygen atoms in total. The lowest BCUT2D eigenvalue weighted by molar-refractivity contribution is -0.148. The van der Waals surface area contributed by atoms with Crippen molar-refractivity contribution >= 4 is 17.9 Å². The number of hydrogen-bond acceptors (Lipinski definition) is 4. The highest BCUT2D eigenvalue weighted by atomic mass is 16.6. The van der Waals surface area contributed by atoms with Gasteiger partial charge in [-0.25, -0.2) is 4.79 Å². The molecule has 1 aromatic rings. The molecule has 1 fully saturated rings. The van der Waals surface area contributed by atoms with Crippen molar-refractivity contribution in [3.05, 3.63) is 34.9 Å². The van der Waals surface area contributed by atoms with Crippen LogP contribution < -0.4 is 10.6 Å². The van der Waals surface area contributed by atoms with Gasteiger partial charge >= 0.3 is 6.09 Å². The maximum absolute atomic E-state index is 14.2. The minimum Gasteiger partial charge on any atom is -0.444 e. The van der Waals surface area contributed by atoms with Gasteiger partial charge in [0, 0.05) is 11.6 Å². The predicted molar refractivity (Wildman–Crippen MR) is 139 cm³/mol. The number of hydrogen-bond donors (Lipinski definition) is 2. The summed E-state index contributed by atoms with van der Waals surface area (Å²) in [6.07, 6.45) is 2.02. The third-order valence-electron chi connectivity index (χ3n) is 6.29. The molecule has 1 aliphatic carbocycles. The summed E-state index contributed by atoms with van der Waals surface area (Å²) in [5.41, 5.74) is 1.71. The van der Waals surface area contributed by atoms with Crippen LogP contribution in [0.1, 0.15) is 97.4 Å². The first-order valence-electron chi connectivity index (χ1n) is 12.7. The van der Waals surface area contributed by atoms with Crippen molar-refractivity contribution in [3.63, 3.8) is 0 Å². The van der Waals surface area contributed by atoms with Crippen molar-refractivity contribution in [2.24, 2.45) is 5.92 Å². The minimum absolute atomic E-state index is 0.0696. The number of benzene rings is 1. The van der Waals surface area contributed by atoms with E-state index in [2.05, 4.69) is 10.6 Å². The topological polar surface area (TPSA) is 87.7 Å². The van der Waals surface area contributed by atoms with Crippen LogP contribution in [-0.4, -0.2) is 46.0 Å². The number of aryl methyl sites for hydroxylation is 1. The Morgan fingerprint density at radius 2 is 1.63 bits per heavy atom. The summed E-state index contributed by atoms with van der Waals surface area (Å²) < 4.78 is 5.44. The Morgan fingerprint density at radius 1 is 1.03 bits per heavy atom. The zero-order chi connectivity index (χ0) is 26.7. The number of alkyl carbamates (subject to hydrolysis) is 1. The lowest BCUT2D eigenvalue weighted by Gasteiger charge is -2.45. The third-order valence-corrected chi connectivity index (χ3v) is 6.29.